The molecule has 1 aromatic rings. The molecule has 0 radical (unpaired) electrons. The molecule has 17 heavy (non-hydrogen) atoms. The maximum absolute atomic E-state index is 11.1. The minimum absolute atomic E-state index is 0.160. The molecule has 2 atom stereocenters. The fourth-order valence-corrected chi connectivity index (χ4v) is 2.11. The van der Waals surface area contributed by atoms with Gasteiger partial charge in [-0.1, -0.05) is 0 Å². The van der Waals surface area contributed by atoms with Gasteiger partial charge >= 0.3 is 5.97 Å². The van der Waals surface area contributed by atoms with Crippen molar-refractivity contribution in [1.82, 2.24) is 9.97 Å². The highest BCUT2D eigenvalue weighted by molar-refractivity contribution is 5.72. The second-order valence-electron chi connectivity index (χ2n) is 3.90. The van der Waals surface area contributed by atoms with Crippen molar-refractivity contribution in [3.8, 4) is 0 Å². The van der Waals surface area contributed by atoms with Gasteiger partial charge in [-0.3, -0.25) is 4.79 Å². The quantitative estimate of drug-likeness (QED) is 0.817. The lowest BCUT2D eigenvalue weighted by atomic mass is 10.0. The highest BCUT2D eigenvalue weighted by atomic mass is 16.5. The summed E-state index contributed by atoms with van der Waals surface area (Å²) < 4.78 is 5.27. The SMILES string of the molecule is CCN(c1ccncn1)C1COCC1C(=O)O. The largest absolute Gasteiger partial charge is 0.481 e. The van der Waals surface area contributed by atoms with Crippen molar-refractivity contribution in [2.45, 2.75) is 13.0 Å². The minimum atomic E-state index is -0.819. The smallest absolute Gasteiger partial charge is 0.311 e. The van der Waals surface area contributed by atoms with E-state index in [-0.39, 0.29) is 12.6 Å². The zero-order chi connectivity index (χ0) is 12.3. The van der Waals surface area contributed by atoms with Crippen LogP contribution in [0.15, 0.2) is 18.6 Å². The maximum atomic E-state index is 11.1. The number of aromatic nitrogens is 2. The van der Waals surface area contributed by atoms with E-state index >= 15 is 0 Å². The summed E-state index contributed by atoms with van der Waals surface area (Å²) >= 11 is 0. The zero-order valence-corrected chi connectivity index (χ0v) is 9.61. The molecule has 0 spiro atoms. The molecule has 1 aliphatic heterocycles. The van der Waals surface area contributed by atoms with E-state index in [2.05, 4.69) is 9.97 Å². The third-order valence-electron chi connectivity index (χ3n) is 2.97. The zero-order valence-electron chi connectivity index (χ0n) is 9.61. The molecular weight excluding hydrogens is 222 g/mol. The Morgan fingerprint density at radius 1 is 1.65 bits per heavy atom. The topological polar surface area (TPSA) is 75.5 Å². The summed E-state index contributed by atoms with van der Waals surface area (Å²) in [6.45, 7) is 3.35. The normalized spacial score (nSPS) is 23.6. The molecule has 0 aliphatic carbocycles. The van der Waals surface area contributed by atoms with Crippen molar-refractivity contribution in [3.05, 3.63) is 18.6 Å². The van der Waals surface area contributed by atoms with E-state index in [0.29, 0.717) is 13.2 Å². The summed E-state index contributed by atoms with van der Waals surface area (Å²) in [6, 6.07) is 1.62. The molecule has 1 aromatic heterocycles. The van der Waals surface area contributed by atoms with E-state index in [0.717, 1.165) is 5.82 Å². The first-order valence-electron chi connectivity index (χ1n) is 5.57. The molecule has 1 fully saturated rings. The first-order chi connectivity index (χ1) is 8.24. The van der Waals surface area contributed by atoms with Crippen LogP contribution in [0, 0.1) is 5.92 Å². The molecule has 6 nitrogen and oxygen atoms in total. The van der Waals surface area contributed by atoms with E-state index in [1.54, 1.807) is 12.3 Å². The van der Waals surface area contributed by atoms with Gasteiger partial charge in [0.2, 0.25) is 0 Å². The van der Waals surface area contributed by atoms with Gasteiger partial charge in [-0.2, -0.15) is 0 Å². The van der Waals surface area contributed by atoms with Gasteiger partial charge in [0, 0.05) is 12.7 Å². The summed E-state index contributed by atoms with van der Waals surface area (Å²) in [4.78, 5) is 21.1. The molecule has 1 N–H and O–H groups in total. The summed E-state index contributed by atoms with van der Waals surface area (Å²) in [5.41, 5.74) is 0. The van der Waals surface area contributed by atoms with Crippen molar-refractivity contribution < 1.29 is 14.6 Å². The Morgan fingerprint density at radius 3 is 3.06 bits per heavy atom. The Kier molecular flexibility index (Phi) is 3.53. The lowest BCUT2D eigenvalue weighted by molar-refractivity contribution is -0.141. The molecule has 0 amide bonds. The van der Waals surface area contributed by atoms with Crippen LogP contribution in [0.3, 0.4) is 0 Å². The highest BCUT2D eigenvalue weighted by Gasteiger charge is 2.38. The van der Waals surface area contributed by atoms with Gasteiger partial charge in [-0.25, -0.2) is 9.97 Å². The average molecular weight is 237 g/mol. The van der Waals surface area contributed by atoms with E-state index in [9.17, 15) is 4.79 Å². The molecule has 0 aromatic carbocycles. The van der Waals surface area contributed by atoms with Crippen LogP contribution in [0.2, 0.25) is 0 Å². The number of aliphatic carboxylic acids is 1. The van der Waals surface area contributed by atoms with Crippen LogP contribution in [0.5, 0.6) is 0 Å². The third kappa shape index (κ3) is 2.36. The fourth-order valence-electron chi connectivity index (χ4n) is 2.11. The first kappa shape index (κ1) is 11.8. The molecule has 0 saturated carbocycles. The van der Waals surface area contributed by atoms with Crippen LogP contribution < -0.4 is 4.90 Å². The number of carbonyl (C=O) groups is 1. The highest BCUT2D eigenvalue weighted by Crippen LogP contribution is 2.23. The van der Waals surface area contributed by atoms with Gasteiger partial charge in [0.05, 0.1) is 19.3 Å². The van der Waals surface area contributed by atoms with Gasteiger partial charge in [0.15, 0.2) is 0 Å². The fraction of sp³-hybridized carbons (Fsp3) is 0.545. The maximum Gasteiger partial charge on any atom is 0.311 e. The number of carboxylic acid groups (broad SMARTS) is 1. The molecule has 2 rings (SSSR count). The number of hydrogen-bond acceptors (Lipinski definition) is 5. The molecule has 6 heteroatoms. The van der Waals surface area contributed by atoms with Gasteiger partial charge in [-0.05, 0) is 13.0 Å². The van der Waals surface area contributed by atoms with Crippen LogP contribution >= 0.6 is 0 Å². The van der Waals surface area contributed by atoms with E-state index in [1.165, 1.54) is 6.33 Å². The summed E-state index contributed by atoms with van der Waals surface area (Å²) in [6.07, 6.45) is 3.11. The van der Waals surface area contributed by atoms with Crippen molar-refractivity contribution in [3.63, 3.8) is 0 Å². The van der Waals surface area contributed by atoms with Crippen molar-refractivity contribution in [2.24, 2.45) is 5.92 Å². The average Bonchev–Trinajstić information content (AvgIpc) is 2.81. The molecule has 0 bridgehead atoms. The molecule has 2 unspecified atom stereocenters. The number of likely N-dealkylation sites (N-methyl/N-ethyl adjacent to an activating group) is 1. The van der Waals surface area contributed by atoms with Crippen LogP contribution in [-0.4, -0.2) is 46.8 Å². The number of carboxylic acids is 1. The number of ether oxygens (including phenoxy) is 1. The van der Waals surface area contributed by atoms with E-state index < -0.39 is 11.9 Å². The summed E-state index contributed by atoms with van der Waals surface area (Å²) in [5.74, 6) is -0.575. The van der Waals surface area contributed by atoms with Crippen molar-refractivity contribution in [2.75, 3.05) is 24.7 Å². The van der Waals surface area contributed by atoms with Gasteiger partial charge in [0.25, 0.3) is 0 Å². The number of anilines is 1. The van der Waals surface area contributed by atoms with Crippen molar-refractivity contribution >= 4 is 11.8 Å². The number of hydrogen-bond donors (Lipinski definition) is 1. The second kappa shape index (κ2) is 5.09. The number of rotatable bonds is 4. The minimum Gasteiger partial charge on any atom is -0.481 e. The van der Waals surface area contributed by atoms with Crippen LogP contribution in [-0.2, 0) is 9.53 Å². The third-order valence-corrected chi connectivity index (χ3v) is 2.97. The second-order valence-corrected chi connectivity index (χ2v) is 3.90. The van der Waals surface area contributed by atoms with E-state index in [1.807, 2.05) is 11.8 Å². The van der Waals surface area contributed by atoms with Gasteiger partial charge in [-0.15, -0.1) is 0 Å². The standard InChI is InChI=1S/C11H15N3O3/c1-2-14(10-3-4-12-7-13-10)9-6-17-5-8(9)11(15)16/h3-4,7-9H,2,5-6H2,1H3,(H,15,16). The van der Waals surface area contributed by atoms with Gasteiger partial charge in [0.1, 0.15) is 18.1 Å². The van der Waals surface area contributed by atoms with Crippen LogP contribution in [0.4, 0.5) is 5.82 Å². The Bertz CT molecular complexity index is 385. The van der Waals surface area contributed by atoms with Crippen LogP contribution in [0.25, 0.3) is 0 Å². The Labute approximate surface area is 99.2 Å². The Hall–Kier alpha value is -1.69. The summed E-state index contributed by atoms with van der Waals surface area (Å²) in [5, 5.41) is 9.14. The molecule has 1 aliphatic rings. The predicted molar refractivity (Wildman–Crippen MR) is 60.8 cm³/mol. The van der Waals surface area contributed by atoms with Crippen molar-refractivity contribution in [1.29, 1.82) is 0 Å². The Morgan fingerprint density at radius 2 is 2.47 bits per heavy atom. The van der Waals surface area contributed by atoms with Crippen LogP contribution in [0.1, 0.15) is 6.92 Å². The summed E-state index contributed by atoms with van der Waals surface area (Å²) in [7, 11) is 0. The molecule has 1 saturated heterocycles. The van der Waals surface area contributed by atoms with E-state index in [4.69, 9.17) is 9.84 Å². The first-order valence-corrected chi connectivity index (χ1v) is 5.57. The predicted octanol–water partition coefficient (Wildman–Crippen LogP) is 0.402. The Balaban J connectivity index is 2.21. The van der Waals surface area contributed by atoms with Gasteiger partial charge < -0.3 is 14.7 Å². The molecule has 2 heterocycles. The lowest BCUT2D eigenvalue weighted by Gasteiger charge is -2.30. The molecular formula is C11H15N3O3. The lowest BCUT2D eigenvalue weighted by Crippen LogP contribution is -2.43. The number of nitrogens with zero attached hydrogens (tertiary/aromatic N) is 3. The monoisotopic (exact) mass is 237 g/mol. The molecule has 92 valence electrons.